The highest BCUT2D eigenvalue weighted by atomic mass is 16.6. The predicted molar refractivity (Wildman–Crippen MR) is 326 cm³/mol. The molecule has 1 atom stereocenters. The van der Waals surface area contributed by atoms with E-state index in [0.717, 1.165) is 64.2 Å². The van der Waals surface area contributed by atoms with Crippen LogP contribution >= 0.6 is 0 Å². The van der Waals surface area contributed by atoms with Crippen LogP contribution in [0.5, 0.6) is 0 Å². The van der Waals surface area contributed by atoms with Crippen molar-refractivity contribution in [1.82, 2.24) is 0 Å². The lowest BCUT2D eigenvalue weighted by molar-refractivity contribution is -0.167. The Kier molecular flexibility index (Phi) is 62.1. The molecule has 0 saturated carbocycles. The van der Waals surface area contributed by atoms with Gasteiger partial charge >= 0.3 is 17.9 Å². The van der Waals surface area contributed by atoms with Crippen LogP contribution in [0.3, 0.4) is 0 Å². The molecule has 0 aromatic carbocycles. The van der Waals surface area contributed by atoms with Gasteiger partial charge in [0.05, 0.1) is 0 Å². The Balaban J connectivity index is 4.33. The average molecular weight is 1050 g/mol. The topological polar surface area (TPSA) is 78.9 Å². The molecule has 0 aromatic heterocycles. The van der Waals surface area contributed by atoms with Gasteiger partial charge in [0.1, 0.15) is 13.2 Å². The summed E-state index contributed by atoms with van der Waals surface area (Å²) < 4.78 is 17.0. The Bertz CT molecular complexity index is 1250. The predicted octanol–water partition coefficient (Wildman–Crippen LogP) is 22.8. The third kappa shape index (κ3) is 62.4. The van der Waals surface area contributed by atoms with Gasteiger partial charge < -0.3 is 14.2 Å². The van der Waals surface area contributed by atoms with Crippen LogP contribution in [0.15, 0.2) is 36.5 Å². The molecule has 0 aliphatic rings. The van der Waals surface area contributed by atoms with Crippen molar-refractivity contribution in [3.63, 3.8) is 0 Å². The number of carbonyl (C=O) groups is 3. The third-order valence-electron chi connectivity index (χ3n) is 15.1. The van der Waals surface area contributed by atoms with Gasteiger partial charge in [0.15, 0.2) is 6.10 Å². The third-order valence-corrected chi connectivity index (χ3v) is 15.1. The highest BCUT2D eigenvalue weighted by molar-refractivity contribution is 5.71. The van der Waals surface area contributed by atoms with Crippen LogP contribution in [-0.4, -0.2) is 37.2 Å². The van der Waals surface area contributed by atoms with Gasteiger partial charge in [-0.25, -0.2) is 0 Å². The largest absolute Gasteiger partial charge is 0.462 e. The lowest BCUT2D eigenvalue weighted by atomic mass is 10.0. The highest BCUT2D eigenvalue weighted by Crippen LogP contribution is 2.18. The van der Waals surface area contributed by atoms with E-state index in [9.17, 15) is 14.4 Å². The summed E-state index contributed by atoms with van der Waals surface area (Å²) in [5, 5.41) is 0. The number of hydrogen-bond donors (Lipinski definition) is 0. The van der Waals surface area contributed by atoms with Crippen LogP contribution in [0.2, 0.25) is 0 Å². The minimum Gasteiger partial charge on any atom is -0.462 e. The van der Waals surface area contributed by atoms with Gasteiger partial charge in [0, 0.05) is 19.3 Å². The summed E-state index contributed by atoms with van der Waals surface area (Å²) in [5.74, 6) is -0.849. The van der Waals surface area contributed by atoms with Crippen LogP contribution in [0.4, 0.5) is 0 Å². The fourth-order valence-corrected chi connectivity index (χ4v) is 10.1. The lowest BCUT2D eigenvalue weighted by Crippen LogP contribution is -2.30. The first-order chi connectivity index (χ1) is 37.0. The molecule has 0 amide bonds. The SMILES string of the molecule is CCCCC/C=C/C/C=C/CCCCCCCCCCCC(=O)OC[C@@H](COC(=O)CCCCCCCCCCCCCCCCCCCCC)OC(=O)CCCCCCCCCCC/C=C/CCCCCCCC. The Labute approximate surface area is 467 Å². The van der Waals surface area contributed by atoms with Crippen LogP contribution in [0, 0.1) is 0 Å². The molecule has 0 fully saturated rings. The summed E-state index contributed by atoms with van der Waals surface area (Å²) >= 11 is 0. The minimum atomic E-state index is -0.774. The standard InChI is InChI=1S/C69H128O6/c1-4-7-10-13-16-19-22-25-28-31-34-37-40-43-46-49-52-55-58-61-67(70)73-64-66(75-69(72)63-60-57-54-51-48-45-42-39-36-33-30-27-24-21-18-15-12-9-6-3)65-74-68(71)62-59-56-53-50-47-44-41-38-35-32-29-26-23-20-17-14-11-8-5-2/h16,19,25,27-28,30,66H,4-15,17-18,20-24,26,29,31-65H2,1-3H3/b19-16+,28-25+,30-27+/t66-/m0/s1. The van der Waals surface area contributed by atoms with E-state index in [-0.39, 0.29) is 31.1 Å². The van der Waals surface area contributed by atoms with Crippen molar-refractivity contribution in [2.45, 2.75) is 374 Å². The molecule has 0 rings (SSSR count). The van der Waals surface area contributed by atoms with Gasteiger partial charge in [-0.2, -0.15) is 0 Å². The van der Waals surface area contributed by atoms with E-state index in [1.807, 2.05) is 0 Å². The van der Waals surface area contributed by atoms with E-state index in [4.69, 9.17) is 14.2 Å². The van der Waals surface area contributed by atoms with E-state index < -0.39 is 6.10 Å². The van der Waals surface area contributed by atoms with Crippen molar-refractivity contribution in [2.24, 2.45) is 0 Å². The summed E-state index contributed by atoms with van der Waals surface area (Å²) in [7, 11) is 0. The molecule has 0 saturated heterocycles. The number of hydrogen-bond acceptors (Lipinski definition) is 6. The summed E-state index contributed by atoms with van der Waals surface area (Å²) in [5.41, 5.74) is 0. The first-order valence-corrected chi connectivity index (χ1v) is 33.5. The molecule has 0 unspecified atom stereocenters. The summed E-state index contributed by atoms with van der Waals surface area (Å²) in [6.45, 7) is 6.68. The number of esters is 3. The molecule has 0 bridgehead atoms. The molecule has 75 heavy (non-hydrogen) atoms. The monoisotopic (exact) mass is 1050 g/mol. The van der Waals surface area contributed by atoms with Crippen molar-refractivity contribution in [2.75, 3.05) is 13.2 Å². The average Bonchev–Trinajstić information content (AvgIpc) is 3.41. The quantitative estimate of drug-likeness (QED) is 0.0261. The molecule has 0 aliphatic carbocycles. The van der Waals surface area contributed by atoms with E-state index in [1.165, 1.54) is 263 Å². The Hall–Kier alpha value is -2.37. The lowest BCUT2D eigenvalue weighted by Gasteiger charge is -2.18. The number of allylic oxidation sites excluding steroid dienone is 6. The number of carbonyl (C=O) groups excluding carboxylic acids is 3. The van der Waals surface area contributed by atoms with Gasteiger partial charge in [-0.3, -0.25) is 14.4 Å². The van der Waals surface area contributed by atoms with Crippen LogP contribution in [0.1, 0.15) is 367 Å². The molecule has 6 heteroatoms. The summed E-state index contributed by atoms with van der Waals surface area (Å²) in [4.78, 5) is 38.4. The van der Waals surface area contributed by atoms with Gasteiger partial charge in [-0.15, -0.1) is 0 Å². The molecule has 0 aliphatic heterocycles. The molecule has 0 spiro atoms. The van der Waals surface area contributed by atoms with Gasteiger partial charge in [-0.1, -0.05) is 308 Å². The number of rotatable bonds is 62. The second kappa shape index (κ2) is 64.2. The molecular weight excluding hydrogens is 925 g/mol. The van der Waals surface area contributed by atoms with Crippen molar-refractivity contribution in [3.05, 3.63) is 36.5 Å². The Morgan fingerprint density at radius 3 is 0.773 bits per heavy atom. The zero-order valence-electron chi connectivity index (χ0n) is 50.6. The van der Waals surface area contributed by atoms with E-state index >= 15 is 0 Å². The van der Waals surface area contributed by atoms with Crippen LogP contribution < -0.4 is 0 Å². The first kappa shape index (κ1) is 72.6. The highest BCUT2D eigenvalue weighted by Gasteiger charge is 2.19. The molecule has 0 radical (unpaired) electrons. The fourth-order valence-electron chi connectivity index (χ4n) is 10.1. The molecule has 6 nitrogen and oxygen atoms in total. The molecule has 0 heterocycles. The van der Waals surface area contributed by atoms with Gasteiger partial charge in [0.2, 0.25) is 0 Å². The van der Waals surface area contributed by atoms with Crippen molar-refractivity contribution < 1.29 is 28.6 Å². The molecule has 0 aromatic rings. The second-order valence-corrected chi connectivity index (χ2v) is 22.7. The van der Waals surface area contributed by atoms with Crippen molar-refractivity contribution in [1.29, 1.82) is 0 Å². The maximum atomic E-state index is 12.9. The number of unbranched alkanes of at least 4 members (excludes halogenated alkanes) is 45. The summed E-state index contributed by atoms with van der Waals surface area (Å²) in [6.07, 6.45) is 78.6. The molecule has 0 N–H and O–H groups in total. The van der Waals surface area contributed by atoms with Crippen molar-refractivity contribution >= 4 is 17.9 Å². The zero-order valence-corrected chi connectivity index (χ0v) is 50.6. The maximum Gasteiger partial charge on any atom is 0.306 e. The zero-order chi connectivity index (χ0) is 54.3. The van der Waals surface area contributed by atoms with E-state index in [2.05, 4.69) is 57.2 Å². The van der Waals surface area contributed by atoms with Gasteiger partial charge in [0.25, 0.3) is 0 Å². The Morgan fingerprint density at radius 2 is 0.480 bits per heavy atom. The number of ether oxygens (including phenoxy) is 3. The first-order valence-electron chi connectivity index (χ1n) is 33.5. The van der Waals surface area contributed by atoms with Crippen LogP contribution in [-0.2, 0) is 28.6 Å². The maximum absolute atomic E-state index is 12.9. The molecular formula is C69H128O6. The van der Waals surface area contributed by atoms with Crippen LogP contribution in [0.25, 0.3) is 0 Å². The van der Waals surface area contributed by atoms with Crippen molar-refractivity contribution in [3.8, 4) is 0 Å². The Morgan fingerprint density at radius 1 is 0.267 bits per heavy atom. The second-order valence-electron chi connectivity index (χ2n) is 22.7. The van der Waals surface area contributed by atoms with E-state index in [0.29, 0.717) is 19.3 Å². The smallest absolute Gasteiger partial charge is 0.306 e. The van der Waals surface area contributed by atoms with E-state index in [1.54, 1.807) is 0 Å². The van der Waals surface area contributed by atoms with Gasteiger partial charge in [-0.05, 0) is 77.0 Å². The summed E-state index contributed by atoms with van der Waals surface area (Å²) in [6, 6.07) is 0. The minimum absolute atomic E-state index is 0.0694. The fraction of sp³-hybridized carbons (Fsp3) is 0.870. The molecule has 440 valence electrons. The normalized spacial score (nSPS) is 12.2.